The van der Waals surface area contributed by atoms with E-state index in [-0.39, 0.29) is 17.3 Å². The van der Waals surface area contributed by atoms with Gasteiger partial charge in [-0.25, -0.2) is 0 Å². The fourth-order valence-electron chi connectivity index (χ4n) is 1.56. The molecule has 0 saturated heterocycles. The predicted molar refractivity (Wildman–Crippen MR) is 74.1 cm³/mol. The van der Waals surface area contributed by atoms with Crippen molar-refractivity contribution in [3.63, 3.8) is 0 Å². The fraction of sp³-hybridized carbons (Fsp3) is 0.429. The molecule has 0 atom stereocenters. The summed E-state index contributed by atoms with van der Waals surface area (Å²) in [6, 6.07) is 6.48. The average molecular weight is 284 g/mol. The summed E-state index contributed by atoms with van der Waals surface area (Å²) in [6.45, 7) is 5.65. The quantitative estimate of drug-likeness (QED) is 0.453. The smallest absolute Gasteiger partial charge is 0.338 e. The van der Waals surface area contributed by atoms with E-state index in [0.29, 0.717) is 12.8 Å². The number of aliphatic hydroxyl groups is 1. The Balaban J connectivity index is 2.55. The maximum absolute atomic E-state index is 11.9. The van der Waals surface area contributed by atoms with Crippen molar-refractivity contribution in [2.75, 3.05) is 6.61 Å². The molecule has 1 N–H and O–H groups in total. The summed E-state index contributed by atoms with van der Waals surface area (Å²) < 4.78 is 28.8. The van der Waals surface area contributed by atoms with Crippen LogP contribution in [0.25, 0.3) is 0 Å². The standard InChI is InChI=1S/C14H20O4S/c1-12-7-9-14(10-8-12)19(16,17)18-13(2)6-4-3-5-11-15/h7-10,15H,2-6,11H2,1H3. The zero-order valence-corrected chi connectivity index (χ0v) is 11.9. The van der Waals surface area contributed by atoms with Crippen molar-refractivity contribution in [3.8, 4) is 0 Å². The number of hydrogen-bond donors (Lipinski definition) is 1. The maximum atomic E-state index is 11.9. The minimum absolute atomic E-state index is 0.134. The van der Waals surface area contributed by atoms with Gasteiger partial charge in [0.25, 0.3) is 0 Å². The van der Waals surface area contributed by atoms with Gasteiger partial charge in [-0.15, -0.1) is 0 Å². The fourth-order valence-corrected chi connectivity index (χ4v) is 2.52. The highest BCUT2D eigenvalue weighted by atomic mass is 32.2. The van der Waals surface area contributed by atoms with Crippen LogP contribution in [-0.4, -0.2) is 20.1 Å². The van der Waals surface area contributed by atoms with Gasteiger partial charge in [-0.3, -0.25) is 0 Å². The Morgan fingerprint density at radius 3 is 2.42 bits per heavy atom. The molecule has 19 heavy (non-hydrogen) atoms. The molecule has 0 bridgehead atoms. The second-order valence-electron chi connectivity index (χ2n) is 4.42. The largest absolute Gasteiger partial charge is 0.396 e. The van der Waals surface area contributed by atoms with Gasteiger partial charge in [0.15, 0.2) is 0 Å². The molecule has 0 unspecified atom stereocenters. The molecule has 0 fully saturated rings. The number of aryl methyl sites for hydroxylation is 1. The van der Waals surface area contributed by atoms with E-state index in [0.717, 1.165) is 18.4 Å². The van der Waals surface area contributed by atoms with E-state index in [2.05, 4.69) is 6.58 Å². The van der Waals surface area contributed by atoms with Crippen molar-refractivity contribution < 1.29 is 17.7 Å². The van der Waals surface area contributed by atoms with Crippen LogP contribution in [0.15, 0.2) is 41.5 Å². The second-order valence-corrected chi connectivity index (χ2v) is 5.97. The van der Waals surface area contributed by atoms with Crippen LogP contribution in [0.5, 0.6) is 0 Å². The van der Waals surface area contributed by atoms with Gasteiger partial charge < -0.3 is 9.29 Å². The summed E-state index contributed by atoms with van der Waals surface area (Å²) in [4.78, 5) is 0.134. The first-order valence-electron chi connectivity index (χ1n) is 6.25. The lowest BCUT2D eigenvalue weighted by Crippen LogP contribution is -2.06. The summed E-state index contributed by atoms with van der Waals surface area (Å²) in [5.41, 5.74) is 0.988. The molecule has 106 valence electrons. The SMILES string of the molecule is C=C(CCCCCO)OS(=O)(=O)c1ccc(C)cc1. The highest BCUT2D eigenvalue weighted by Gasteiger charge is 2.16. The summed E-state index contributed by atoms with van der Waals surface area (Å²) in [5.74, 6) is 0.235. The van der Waals surface area contributed by atoms with Crippen LogP contribution >= 0.6 is 0 Å². The van der Waals surface area contributed by atoms with E-state index in [1.54, 1.807) is 12.1 Å². The zero-order valence-electron chi connectivity index (χ0n) is 11.1. The molecule has 0 aliphatic carbocycles. The van der Waals surface area contributed by atoms with Gasteiger partial charge >= 0.3 is 10.1 Å². The van der Waals surface area contributed by atoms with Crippen LogP contribution < -0.4 is 0 Å². The Hall–Kier alpha value is -1.33. The Bertz CT molecular complexity index is 503. The van der Waals surface area contributed by atoms with E-state index in [9.17, 15) is 8.42 Å². The lowest BCUT2D eigenvalue weighted by molar-refractivity contribution is 0.281. The Morgan fingerprint density at radius 1 is 1.21 bits per heavy atom. The molecule has 1 rings (SSSR count). The van der Waals surface area contributed by atoms with Crippen molar-refractivity contribution >= 4 is 10.1 Å². The molecule has 1 aromatic rings. The van der Waals surface area contributed by atoms with Crippen molar-refractivity contribution in [1.29, 1.82) is 0 Å². The molecule has 0 amide bonds. The normalized spacial score (nSPS) is 11.3. The molecule has 0 radical (unpaired) electrons. The van der Waals surface area contributed by atoms with Crippen molar-refractivity contribution in [2.45, 2.75) is 37.5 Å². The Kier molecular flexibility index (Phi) is 6.05. The molecule has 0 aliphatic heterocycles. The summed E-state index contributed by atoms with van der Waals surface area (Å²) in [6.07, 6.45) is 2.76. The van der Waals surface area contributed by atoms with E-state index in [1.807, 2.05) is 6.92 Å². The molecule has 0 aromatic heterocycles. The Morgan fingerprint density at radius 2 is 1.84 bits per heavy atom. The number of hydrogen-bond acceptors (Lipinski definition) is 4. The third-order valence-corrected chi connectivity index (χ3v) is 3.96. The minimum atomic E-state index is -3.77. The van der Waals surface area contributed by atoms with Crippen molar-refractivity contribution in [2.24, 2.45) is 0 Å². The highest BCUT2D eigenvalue weighted by Crippen LogP contribution is 2.18. The summed E-state index contributed by atoms with van der Waals surface area (Å²) in [7, 11) is -3.77. The lowest BCUT2D eigenvalue weighted by Gasteiger charge is -2.09. The van der Waals surface area contributed by atoms with Gasteiger partial charge in [0.05, 0.1) is 0 Å². The van der Waals surface area contributed by atoms with E-state index in [4.69, 9.17) is 9.29 Å². The number of rotatable bonds is 8. The van der Waals surface area contributed by atoms with E-state index in [1.165, 1.54) is 12.1 Å². The van der Waals surface area contributed by atoms with Crippen molar-refractivity contribution in [1.82, 2.24) is 0 Å². The molecule has 4 nitrogen and oxygen atoms in total. The third kappa shape index (κ3) is 5.44. The van der Waals surface area contributed by atoms with Gasteiger partial charge in [0.2, 0.25) is 0 Å². The van der Waals surface area contributed by atoms with Crippen LogP contribution in [-0.2, 0) is 14.3 Å². The number of aliphatic hydroxyl groups excluding tert-OH is 1. The average Bonchev–Trinajstić information content (AvgIpc) is 2.34. The van der Waals surface area contributed by atoms with Gasteiger partial charge in [-0.2, -0.15) is 8.42 Å². The number of benzene rings is 1. The minimum Gasteiger partial charge on any atom is -0.396 e. The molecular weight excluding hydrogens is 264 g/mol. The van der Waals surface area contributed by atoms with Crippen LogP contribution in [0.2, 0.25) is 0 Å². The topological polar surface area (TPSA) is 63.6 Å². The lowest BCUT2D eigenvalue weighted by atomic mass is 10.2. The monoisotopic (exact) mass is 284 g/mol. The van der Waals surface area contributed by atoms with Crippen LogP contribution in [0.1, 0.15) is 31.2 Å². The first-order valence-corrected chi connectivity index (χ1v) is 7.66. The molecule has 0 aliphatic rings. The summed E-state index contributed by atoms with van der Waals surface area (Å²) >= 11 is 0. The van der Waals surface area contributed by atoms with Crippen LogP contribution in [0, 0.1) is 6.92 Å². The predicted octanol–water partition coefficient (Wildman–Crippen LogP) is 2.77. The summed E-state index contributed by atoms with van der Waals surface area (Å²) in [5, 5.41) is 8.64. The Labute approximate surface area is 114 Å². The van der Waals surface area contributed by atoms with Gasteiger partial charge in [-0.05, 0) is 31.9 Å². The molecule has 0 saturated carbocycles. The maximum Gasteiger partial charge on any atom is 0.338 e. The molecule has 0 heterocycles. The van der Waals surface area contributed by atoms with E-state index >= 15 is 0 Å². The first-order chi connectivity index (χ1) is 8.95. The van der Waals surface area contributed by atoms with Crippen LogP contribution in [0.4, 0.5) is 0 Å². The van der Waals surface area contributed by atoms with Crippen molar-refractivity contribution in [3.05, 3.63) is 42.2 Å². The van der Waals surface area contributed by atoms with Gasteiger partial charge in [0.1, 0.15) is 10.7 Å². The second kappa shape index (κ2) is 7.31. The molecule has 1 aromatic carbocycles. The number of allylic oxidation sites excluding steroid dienone is 1. The first kappa shape index (κ1) is 15.7. The van der Waals surface area contributed by atoms with Gasteiger partial charge in [-0.1, -0.05) is 30.7 Å². The zero-order chi connectivity index (χ0) is 14.3. The number of unbranched alkanes of at least 4 members (excludes halogenated alkanes) is 2. The molecule has 0 spiro atoms. The third-order valence-electron chi connectivity index (χ3n) is 2.65. The van der Waals surface area contributed by atoms with Gasteiger partial charge in [0, 0.05) is 13.0 Å². The van der Waals surface area contributed by atoms with Crippen LogP contribution in [0.3, 0.4) is 0 Å². The van der Waals surface area contributed by atoms with E-state index < -0.39 is 10.1 Å². The molecule has 5 heteroatoms. The highest BCUT2D eigenvalue weighted by molar-refractivity contribution is 7.86. The molecular formula is C14H20O4S.